The highest BCUT2D eigenvalue weighted by molar-refractivity contribution is 5.92. The van der Waals surface area contributed by atoms with Crippen LogP contribution in [0.5, 0.6) is 0 Å². The van der Waals surface area contributed by atoms with E-state index in [0.717, 1.165) is 44.7 Å². The van der Waals surface area contributed by atoms with Crippen molar-refractivity contribution < 1.29 is 4.79 Å². The minimum Gasteiger partial charge on any atom is -0.370 e. The zero-order valence-electron chi connectivity index (χ0n) is 12.1. The van der Waals surface area contributed by atoms with Crippen LogP contribution in [-0.4, -0.2) is 42.0 Å². The molecule has 4 nitrogen and oxygen atoms in total. The number of carbonyl (C=O) groups excluding carboxylic acids is 1. The lowest BCUT2D eigenvalue weighted by molar-refractivity contribution is 0.0718. The number of carbonyl (C=O) groups is 1. The number of piperidine rings is 2. The number of rotatable bonds is 2. The fourth-order valence-electron chi connectivity index (χ4n) is 3.11. The zero-order chi connectivity index (χ0) is 13.8. The summed E-state index contributed by atoms with van der Waals surface area (Å²) in [7, 11) is 0. The van der Waals surface area contributed by atoms with Crippen LogP contribution in [0.25, 0.3) is 0 Å². The molecule has 0 radical (unpaired) electrons. The van der Waals surface area contributed by atoms with E-state index in [1.165, 1.54) is 25.7 Å². The molecule has 0 saturated carbocycles. The molecule has 4 heteroatoms. The van der Waals surface area contributed by atoms with Crippen LogP contribution < -0.4 is 4.90 Å². The van der Waals surface area contributed by atoms with Crippen molar-refractivity contribution >= 4 is 11.6 Å². The maximum atomic E-state index is 12.3. The Bertz CT molecular complexity index is 445. The van der Waals surface area contributed by atoms with Gasteiger partial charge in [0.15, 0.2) is 0 Å². The second-order valence-electron chi connectivity index (χ2n) is 5.80. The van der Waals surface area contributed by atoms with E-state index in [2.05, 4.69) is 16.0 Å². The quantitative estimate of drug-likeness (QED) is 0.831. The van der Waals surface area contributed by atoms with Crippen LogP contribution in [0, 0.1) is 0 Å². The molecule has 2 fully saturated rings. The molecule has 0 spiro atoms. The SMILES string of the molecule is O=C(c1ccc(N2CCCCC2)cn1)N1CCCCC1. The van der Waals surface area contributed by atoms with Crippen molar-refractivity contribution in [3.8, 4) is 0 Å². The van der Waals surface area contributed by atoms with E-state index < -0.39 is 0 Å². The molecule has 1 amide bonds. The minimum absolute atomic E-state index is 0.0925. The Hall–Kier alpha value is -1.58. The van der Waals surface area contributed by atoms with Crippen LogP contribution in [0.2, 0.25) is 0 Å². The molecule has 0 unspecified atom stereocenters. The monoisotopic (exact) mass is 273 g/mol. The number of nitrogens with zero attached hydrogens (tertiary/aromatic N) is 3. The average Bonchev–Trinajstić information content (AvgIpc) is 2.56. The van der Waals surface area contributed by atoms with E-state index in [4.69, 9.17) is 0 Å². The molecule has 1 aromatic rings. The lowest BCUT2D eigenvalue weighted by Crippen LogP contribution is -2.36. The Morgan fingerprint density at radius 1 is 0.900 bits per heavy atom. The number of amides is 1. The van der Waals surface area contributed by atoms with E-state index >= 15 is 0 Å². The molecule has 2 aliphatic heterocycles. The Morgan fingerprint density at radius 2 is 1.55 bits per heavy atom. The highest BCUT2D eigenvalue weighted by Gasteiger charge is 2.19. The van der Waals surface area contributed by atoms with Gasteiger partial charge in [-0.2, -0.15) is 0 Å². The summed E-state index contributed by atoms with van der Waals surface area (Å²) in [5.41, 5.74) is 1.74. The number of aromatic nitrogens is 1. The molecule has 2 saturated heterocycles. The van der Waals surface area contributed by atoms with E-state index in [-0.39, 0.29) is 5.91 Å². The number of hydrogen-bond donors (Lipinski definition) is 0. The maximum Gasteiger partial charge on any atom is 0.272 e. The number of pyridine rings is 1. The van der Waals surface area contributed by atoms with Gasteiger partial charge in [0.1, 0.15) is 5.69 Å². The van der Waals surface area contributed by atoms with Gasteiger partial charge < -0.3 is 9.80 Å². The summed E-state index contributed by atoms with van der Waals surface area (Å²) in [5.74, 6) is 0.0925. The van der Waals surface area contributed by atoms with Gasteiger partial charge >= 0.3 is 0 Å². The van der Waals surface area contributed by atoms with Crippen molar-refractivity contribution in [2.75, 3.05) is 31.1 Å². The number of likely N-dealkylation sites (tertiary alicyclic amines) is 1. The molecule has 0 atom stereocenters. The summed E-state index contributed by atoms with van der Waals surface area (Å²) < 4.78 is 0. The minimum atomic E-state index is 0.0925. The van der Waals surface area contributed by atoms with E-state index in [1.54, 1.807) is 0 Å². The zero-order valence-corrected chi connectivity index (χ0v) is 12.1. The molecule has 0 N–H and O–H groups in total. The molecule has 0 aromatic carbocycles. The van der Waals surface area contributed by atoms with Crippen molar-refractivity contribution in [2.24, 2.45) is 0 Å². The molecule has 0 aliphatic carbocycles. The third kappa shape index (κ3) is 2.94. The molecule has 3 heterocycles. The van der Waals surface area contributed by atoms with Crippen LogP contribution in [0.15, 0.2) is 18.3 Å². The highest BCUT2D eigenvalue weighted by Crippen LogP contribution is 2.19. The molecular formula is C16H23N3O. The third-order valence-corrected chi connectivity index (χ3v) is 4.33. The first-order valence-corrected chi connectivity index (χ1v) is 7.85. The van der Waals surface area contributed by atoms with Crippen LogP contribution >= 0.6 is 0 Å². The molecule has 3 rings (SSSR count). The predicted molar refractivity (Wildman–Crippen MR) is 80.1 cm³/mol. The maximum absolute atomic E-state index is 12.3. The average molecular weight is 273 g/mol. The summed E-state index contributed by atoms with van der Waals surface area (Å²) in [6.07, 6.45) is 9.20. The topological polar surface area (TPSA) is 36.4 Å². The van der Waals surface area contributed by atoms with Crippen LogP contribution in [-0.2, 0) is 0 Å². The van der Waals surface area contributed by atoms with Crippen molar-refractivity contribution in [3.63, 3.8) is 0 Å². The van der Waals surface area contributed by atoms with Gasteiger partial charge in [0.05, 0.1) is 11.9 Å². The summed E-state index contributed by atoms with van der Waals surface area (Å²) in [6.45, 7) is 3.99. The molecule has 20 heavy (non-hydrogen) atoms. The lowest BCUT2D eigenvalue weighted by atomic mass is 10.1. The normalized spacial score (nSPS) is 20.0. The van der Waals surface area contributed by atoms with Crippen molar-refractivity contribution in [3.05, 3.63) is 24.0 Å². The second-order valence-corrected chi connectivity index (χ2v) is 5.80. The Morgan fingerprint density at radius 3 is 2.15 bits per heavy atom. The van der Waals surface area contributed by atoms with Gasteiger partial charge in [-0.15, -0.1) is 0 Å². The Balaban J connectivity index is 1.67. The third-order valence-electron chi connectivity index (χ3n) is 4.33. The number of hydrogen-bond acceptors (Lipinski definition) is 3. The number of anilines is 1. The summed E-state index contributed by atoms with van der Waals surface area (Å²) >= 11 is 0. The van der Waals surface area contributed by atoms with Gasteiger partial charge in [0, 0.05) is 26.2 Å². The van der Waals surface area contributed by atoms with Crippen LogP contribution in [0.3, 0.4) is 0 Å². The van der Waals surface area contributed by atoms with Gasteiger partial charge in [-0.05, 0) is 50.7 Å². The van der Waals surface area contributed by atoms with Gasteiger partial charge in [0.2, 0.25) is 0 Å². The Kier molecular flexibility index (Phi) is 4.19. The van der Waals surface area contributed by atoms with Crippen molar-refractivity contribution in [2.45, 2.75) is 38.5 Å². The molecular weight excluding hydrogens is 250 g/mol. The lowest BCUT2D eigenvalue weighted by Gasteiger charge is -2.29. The van der Waals surface area contributed by atoms with Gasteiger partial charge in [-0.25, -0.2) is 4.98 Å². The van der Waals surface area contributed by atoms with Crippen LogP contribution in [0.1, 0.15) is 49.0 Å². The van der Waals surface area contributed by atoms with Gasteiger partial charge in [-0.1, -0.05) is 0 Å². The molecule has 2 aliphatic rings. The van der Waals surface area contributed by atoms with E-state index in [1.807, 2.05) is 17.2 Å². The van der Waals surface area contributed by atoms with E-state index in [9.17, 15) is 4.79 Å². The molecule has 0 bridgehead atoms. The van der Waals surface area contributed by atoms with E-state index in [0.29, 0.717) is 5.69 Å². The fourth-order valence-corrected chi connectivity index (χ4v) is 3.11. The predicted octanol–water partition coefficient (Wildman–Crippen LogP) is 2.70. The highest BCUT2D eigenvalue weighted by atomic mass is 16.2. The van der Waals surface area contributed by atoms with Crippen molar-refractivity contribution in [1.82, 2.24) is 9.88 Å². The molecule has 108 valence electrons. The van der Waals surface area contributed by atoms with Gasteiger partial charge in [-0.3, -0.25) is 4.79 Å². The second kappa shape index (κ2) is 6.25. The Labute approximate surface area is 120 Å². The fraction of sp³-hybridized carbons (Fsp3) is 0.625. The first kappa shape index (κ1) is 13.4. The molecule has 1 aromatic heterocycles. The largest absolute Gasteiger partial charge is 0.370 e. The van der Waals surface area contributed by atoms with Gasteiger partial charge in [0.25, 0.3) is 5.91 Å². The van der Waals surface area contributed by atoms with Crippen LogP contribution in [0.4, 0.5) is 5.69 Å². The summed E-state index contributed by atoms with van der Waals surface area (Å²) in [6, 6.07) is 3.94. The first-order chi connectivity index (χ1) is 9.84. The summed E-state index contributed by atoms with van der Waals surface area (Å²) in [4.78, 5) is 21.0. The summed E-state index contributed by atoms with van der Waals surface area (Å²) in [5, 5.41) is 0. The van der Waals surface area contributed by atoms with Crippen molar-refractivity contribution in [1.29, 1.82) is 0 Å². The smallest absolute Gasteiger partial charge is 0.272 e. The first-order valence-electron chi connectivity index (χ1n) is 7.85. The standard InChI is InChI=1S/C16H23N3O/c20-16(19-11-5-2-6-12-19)15-8-7-14(13-17-15)18-9-3-1-4-10-18/h7-8,13H,1-6,9-12H2.